The minimum Gasteiger partial charge on any atom is -0.350 e. The van der Waals surface area contributed by atoms with Crippen molar-refractivity contribution in [1.29, 1.82) is 0 Å². The average molecular weight is 290 g/mol. The number of rotatable bonds is 4. The molecule has 2 unspecified atom stereocenters. The summed E-state index contributed by atoms with van der Waals surface area (Å²) in [5, 5.41) is 9.09. The lowest BCUT2D eigenvalue weighted by Crippen LogP contribution is -2.52. The molecule has 0 radical (unpaired) electrons. The predicted molar refractivity (Wildman–Crippen MR) is 76.2 cm³/mol. The topological polar surface area (TPSA) is 70.2 Å². The first-order valence-corrected chi connectivity index (χ1v) is 6.95. The molecule has 1 saturated carbocycles. The van der Waals surface area contributed by atoms with Gasteiger partial charge in [-0.3, -0.25) is 9.59 Å². The molecule has 3 N–H and O–H groups in total. The molecule has 5 nitrogen and oxygen atoms in total. The summed E-state index contributed by atoms with van der Waals surface area (Å²) in [6, 6.07) is -0.124. The smallest absolute Gasteiger partial charge is 0.243 e. The Morgan fingerprint density at radius 2 is 1.89 bits per heavy atom. The van der Waals surface area contributed by atoms with Crippen LogP contribution in [0.3, 0.4) is 0 Å². The highest BCUT2D eigenvalue weighted by molar-refractivity contribution is 5.87. The Morgan fingerprint density at radius 1 is 1.21 bits per heavy atom. The SMILES string of the molecule is CC(=O)NC(C(=O)NC1CCNC1)C1CCCC1.Cl. The third kappa shape index (κ3) is 4.66. The van der Waals surface area contributed by atoms with E-state index in [1.54, 1.807) is 0 Å². The number of hydrogen-bond acceptors (Lipinski definition) is 3. The fourth-order valence-electron chi connectivity index (χ4n) is 2.98. The van der Waals surface area contributed by atoms with E-state index in [9.17, 15) is 9.59 Å². The largest absolute Gasteiger partial charge is 0.350 e. The highest BCUT2D eigenvalue weighted by Gasteiger charge is 2.32. The highest BCUT2D eigenvalue weighted by Crippen LogP contribution is 2.28. The van der Waals surface area contributed by atoms with Gasteiger partial charge in [-0.25, -0.2) is 0 Å². The van der Waals surface area contributed by atoms with Gasteiger partial charge in [-0.05, 0) is 31.7 Å². The molecule has 19 heavy (non-hydrogen) atoms. The molecule has 1 heterocycles. The van der Waals surface area contributed by atoms with Crippen LogP contribution in [0.1, 0.15) is 39.0 Å². The summed E-state index contributed by atoms with van der Waals surface area (Å²) >= 11 is 0. The third-order valence-electron chi connectivity index (χ3n) is 3.92. The van der Waals surface area contributed by atoms with Gasteiger partial charge in [-0.15, -0.1) is 12.4 Å². The van der Waals surface area contributed by atoms with Gasteiger partial charge in [0.25, 0.3) is 0 Å². The standard InChI is InChI=1S/C13H23N3O2.ClH/c1-9(17)15-12(10-4-2-3-5-10)13(18)16-11-6-7-14-8-11;/h10-12,14H,2-8H2,1H3,(H,15,17)(H,16,18);1H. The Labute approximate surface area is 120 Å². The number of halogens is 1. The molecule has 2 fully saturated rings. The summed E-state index contributed by atoms with van der Waals surface area (Å²) in [5.74, 6) is 0.181. The van der Waals surface area contributed by atoms with Crippen molar-refractivity contribution in [2.45, 2.75) is 51.1 Å². The van der Waals surface area contributed by atoms with E-state index in [4.69, 9.17) is 0 Å². The first kappa shape index (κ1) is 16.2. The highest BCUT2D eigenvalue weighted by atomic mass is 35.5. The van der Waals surface area contributed by atoms with Crippen LogP contribution >= 0.6 is 12.4 Å². The monoisotopic (exact) mass is 289 g/mol. The van der Waals surface area contributed by atoms with Crippen molar-refractivity contribution in [3.63, 3.8) is 0 Å². The predicted octanol–water partition coefficient (Wildman–Crippen LogP) is 0.581. The second-order valence-corrected chi connectivity index (χ2v) is 5.42. The lowest BCUT2D eigenvalue weighted by molar-refractivity contribution is -0.129. The first-order valence-electron chi connectivity index (χ1n) is 6.95. The van der Waals surface area contributed by atoms with Gasteiger partial charge in [0.1, 0.15) is 6.04 Å². The molecule has 6 heteroatoms. The molecule has 1 aliphatic carbocycles. The van der Waals surface area contributed by atoms with Crippen LogP contribution in [0.25, 0.3) is 0 Å². The molecular formula is C13H24ClN3O2. The molecule has 0 aromatic carbocycles. The Kier molecular flexibility index (Phi) is 6.58. The quantitative estimate of drug-likeness (QED) is 0.709. The van der Waals surface area contributed by atoms with Crippen molar-refractivity contribution in [3.05, 3.63) is 0 Å². The van der Waals surface area contributed by atoms with Gasteiger partial charge in [-0.1, -0.05) is 12.8 Å². The maximum absolute atomic E-state index is 12.3. The molecule has 0 bridgehead atoms. The number of nitrogens with one attached hydrogen (secondary N) is 3. The summed E-state index contributed by atoms with van der Waals surface area (Å²) in [5.41, 5.74) is 0. The second-order valence-electron chi connectivity index (χ2n) is 5.42. The number of carbonyl (C=O) groups is 2. The Hall–Kier alpha value is -0.810. The molecule has 1 aliphatic heterocycles. The Balaban J connectivity index is 0.00000180. The minimum atomic E-state index is -0.342. The van der Waals surface area contributed by atoms with Crippen LogP contribution < -0.4 is 16.0 Å². The van der Waals surface area contributed by atoms with Crippen LogP contribution in [0.5, 0.6) is 0 Å². The minimum absolute atomic E-state index is 0. The number of hydrogen-bond donors (Lipinski definition) is 3. The Morgan fingerprint density at radius 3 is 2.42 bits per heavy atom. The zero-order valence-corrected chi connectivity index (χ0v) is 12.2. The van der Waals surface area contributed by atoms with Gasteiger partial charge in [0.2, 0.25) is 11.8 Å². The van der Waals surface area contributed by atoms with Crippen molar-refractivity contribution in [2.75, 3.05) is 13.1 Å². The normalized spacial score (nSPS) is 24.6. The fraction of sp³-hybridized carbons (Fsp3) is 0.846. The average Bonchev–Trinajstić information content (AvgIpc) is 2.97. The maximum atomic E-state index is 12.3. The molecular weight excluding hydrogens is 266 g/mol. The summed E-state index contributed by atoms with van der Waals surface area (Å²) in [4.78, 5) is 23.5. The van der Waals surface area contributed by atoms with Crippen LogP contribution in [0.4, 0.5) is 0 Å². The molecule has 1 saturated heterocycles. The molecule has 2 atom stereocenters. The lowest BCUT2D eigenvalue weighted by Gasteiger charge is -2.25. The van der Waals surface area contributed by atoms with Crippen LogP contribution in [0.2, 0.25) is 0 Å². The van der Waals surface area contributed by atoms with Crippen molar-refractivity contribution in [2.24, 2.45) is 5.92 Å². The van der Waals surface area contributed by atoms with E-state index in [1.807, 2.05) is 0 Å². The zero-order valence-electron chi connectivity index (χ0n) is 11.4. The van der Waals surface area contributed by atoms with Gasteiger partial charge < -0.3 is 16.0 Å². The number of carbonyl (C=O) groups excluding carboxylic acids is 2. The molecule has 0 aromatic rings. The summed E-state index contributed by atoms with van der Waals surface area (Å²) in [7, 11) is 0. The molecule has 0 spiro atoms. The van der Waals surface area contributed by atoms with Gasteiger partial charge >= 0.3 is 0 Å². The Bertz CT molecular complexity index is 313. The van der Waals surface area contributed by atoms with Crippen molar-refractivity contribution in [3.8, 4) is 0 Å². The van der Waals surface area contributed by atoms with E-state index in [2.05, 4.69) is 16.0 Å². The van der Waals surface area contributed by atoms with Crippen LogP contribution in [-0.4, -0.2) is 37.0 Å². The second kappa shape index (κ2) is 7.70. The molecule has 110 valence electrons. The third-order valence-corrected chi connectivity index (χ3v) is 3.92. The first-order chi connectivity index (χ1) is 8.66. The van der Waals surface area contributed by atoms with E-state index < -0.39 is 0 Å². The molecule has 2 amide bonds. The van der Waals surface area contributed by atoms with E-state index in [1.165, 1.54) is 19.8 Å². The van der Waals surface area contributed by atoms with Crippen LogP contribution in [-0.2, 0) is 9.59 Å². The van der Waals surface area contributed by atoms with Crippen LogP contribution in [0.15, 0.2) is 0 Å². The molecule has 0 aromatic heterocycles. The van der Waals surface area contributed by atoms with E-state index in [-0.39, 0.29) is 36.3 Å². The lowest BCUT2D eigenvalue weighted by atomic mass is 9.97. The van der Waals surface area contributed by atoms with Gasteiger partial charge in [0.05, 0.1) is 0 Å². The summed E-state index contributed by atoms with van der Waals surface area (Å²) in [6.07, 6.45) is 5.39. The fourth-order valence-corrected chi connectivity index (χ4v) is 2.98. The van der Waals surface area contributed by atoms with Crippen LogP contribution in [0, 0.1) is 5.92 Å². The van der Waals surface area contributed by atoms with E-state index in [0.717, 1.165) is 32.4 Å². The van der Waals surface area contributed by atoms with Crippen molar-refractivity contribution < 1.29 is 9.59 Å². The van der Waals surface area contributed by atoms with Crippen molar-refractivity contribution >= 4 is 24.2 Å². The van der Waals surface area contributed by atoms with Gasteiger partial charge in [0.15, 0.2) is 0 Å². The number of amides is 2. The van der Waals surface area contributed by atoms with Gasteiger partial charge in [0, 0.05) is 19.5 Å². The van der Waals surface area contributed by atoms with E-state index in [0.29, 0.717) is 5.92 Å². The zero-order chi connectivity index (χ0) is 13.0. The van der Waals surface area contributed by atoms with Gasteiger partial charge in [-0.2, -0.15) is 0 Å². The molecule has 2 aliphatic rings. The molecule has 2 rings (SSSR count). The van der Waals surface area contributed by atoms with Crippen molar-refractivity contribution in [1.82, 2.24) is 16.0 Å². The summed E-state index contributed by atoms with van der Waals surface area (Å²) in [6.45, 7) is 3.27. The summed E-state index contributed by atoms with van der Waals surface area (Å²) < 4.78 is 0. The maximum Gasteiger partial charge on any atom is 0.243 e. The van der Waals surface area contributed by atoms with E-state index >= 15 is 0 Å².